The van der Waals surface area contributed by atoms with Crippen LogP contribution in [-0.2, 0) is 6.42 Å². The summed E-state index contributed by atoms with van der Waals surface area (Å²) in [7, 11) is 0. The molecule has 0 fully saturated rings. The summed E-state index contributed by atoms with van der Waals surface area (Å²) in [5.41, 5.74) is 2.77. The molecule has 1 aromatic carbocycles. The van der Waals surface area contributed by atoms with Crippen molar-refractivity contribution in [2.75, 3.05) is 0 Å². The fraction of sp³-hybridized carbons (Fsp3) is 0.267. The lowest BCUT2D eigenvalue weighted by Gasteiger charge is -2.06. The third-order valence-electron chi connectivity index (χ3n) is 2.83. The van der Waals surface area contributed by atoms with Crippen LogP contribution in [0.25, 0.3) is 0 Å². The van der Waals surface area contributed by atoms with Crippen LogP contribution < -0.4 is 0 Å². The van der Waals surface area contributed by atoms with Crippen LogP contribution in [0.2, 0.25) is 0 Å². The second-order valence-corrected chi connectivity index (χ2v) is 4.67. The summed E-state index contributed by atoms with van der Waals surface area (Å²) in [6.07, 6.45) is 2.35. The number of aromatic nitrogens is 1. The van der Waals surface area contributed by atoms with Crippen LogP contribution >= 0.6 is 0 Å². The Kier molecular flexibility index (Phi) is 3.70. The molecule has 0 spiro atoms. The monoisotopic (exact) mass is 247 g/mol. The van der Waals surface area contributed by atoms with Gasteiger partial charge in [-0.1, -0.05) is 26.0 Å². The molecule has 18 heavy (non-hydrogen) atoms. The van der Waals surface area contributed by atoms with E-state index in [0.29, 0.717) is 12.3 Å². The average Bonchev–Trinajstić information content (AvgIpc) is 2.34. The highest BCUT2D eigenvalue weighted by Gasteiger charge is 2.05. The van der Waals surface area contributed by atoms with E-state index in [9.17, 15) is 8.78 Å². The van der Waals surface area contributed by atoms with E-state index in [2.05, 4.69) is 18.8 Å². The van der Waals surface area contributed by atoms with Crippen molar-refractivity contribution in [2.45, 2.75) is 26.2 Å². The minimum atomic E-state index is -0.813. The van der Waals surface area contributed by atoms with Gasteiger partial charge in [0.05, 0.1) is 0 Å². The molecule has 0 atom stereocenters. The van der Waals surface area contributed by atoms with Crippen molar-refractivity contribution in [3.05, 3.63) is 65.0 Å². The zero-order valence-corrected chi connectivity index (χ0v) is 10.5. The van der Waals surface area contributed by atoms with Crippen molar-refractivity contribution in [1.82, 2.24) is 4.98 Å². The molecule has 0 radical (unpaired) electrons. The normalized spacial score (nSPS) is 10.9. The van der Waals surface area contributed by atoms with Crippen molar-refractivity contribution >= 4 is 0 Å². The van der Waals surface area contributed by atoms with Gasteiger partial charge in [-0.25, -0.2) is 8.78 Å². The third-order valence-corrected chi connectivity index (χ3v) is 2.83. The van der Waals surface area contributed by atoms with Gasteiger partial charge in [0.15, 0.2) is 11.6 Å². The molecule has 94 valence electrons. The zero-order chi connectivity index (χ0) is 13.1. The van der Waals surface area contributed by atoms with E-state index in [1.54, 1.807) is 12.3 Å². The van der Waals surface area contributed by atoms with Gasteiger partial charge in [-0.3, -0.25) is 4.98 Å². The Morgan fingerprint density at radius 1 is 1.00 bits per heavy atom. The molecule has 0 saturated heterocycles. The molecular weight excluding hydrogens is 232 g/mol. The van der Waals surface area contributed by atoms with Crippen molar-refractivity contribution in [3.63, 3.8) is 0 Å². The topological polar surface area (TPSA) is 12.9 Å². The van der Waals surface area contributed by atoms with Crippen molar-refractivity contribution in [2.24, 2.45) is 0 Å². The number of hydrogen-bond acceptors (Lipinski definition) is 1. The molecule has 0 aliphatic heterocycles. The van der Waals surface area contributed by atoms with Crippen LogP contribution in [0, 0.1) is 11.6 Å². The van der Waals surface area contributed by atoms with Crippen LogP contribution in [0.5, 0.6) is 0 Å². The average molecular weight is 247 g/mol. The molecule has 0 unspecified atom stereocenters. The number of hydrogen-bond donors (Lipinski definition) is 0. The van der Waals surface area contributed by atoms with Gasteiger partial charge >= 0.3 is 0 Å². The van der Waals surface area contributed by atoms with Crippen LogP contribution in [0.3, 0.4) is 0 Å². The first-order chi connectivity index (χ1) is 8.56. The Morgan fingerprint density at radius 2 is 1.72 bits per heavy atom. The van der Waals surface area contributed by atoms with Gasteiger partial charge in [-0.15, -0.1) is 0 Å². The Labute approximate surface area is 105 Å². The van der Waals surface area contributed by atoms with E-state index >= 15 is 0 Å². The fourth-order valence-electron chi connectivity index (χ4n) is 1.77. The van der Waals surface area contributed by atoms with Crippen LogP contribution in [0.15, 0.2) is 36.5 Å². The highest BCUT2D eigenvalue weighted by molar-refractivity contribution is 5.26. The van der Waals surface area contributed by atoms with Gasteiger partial charge in [-0.2, -0.15) is 0 Å². The summed E-state index contributed by atoms with van der Waals surface area (Å²) in [5, 5.41) is 0. The maximum absolute atomic E-state index is 13.1. The molecular formula is C15H15F2N. The number of benzene rings is 1. The van der Waals surface area contributed by atoms with E-state index in [-0.39, 0.29) is 0 Å². The molecule has 0 bridgehead atoms. The largest absolute Gasteiger partial charge is 0.261 e. The van der Waals surface area contributed by atoms with Crippen LogP contribution in [0.4, 0.5) is 8.78 Å². The molecule has 0 amide bonds. The summed E-state index contributed by atoms with van der Waals surface area (Å²) in [4.78, 5) is 4.35. The first kappa shape index (κ1) is 12.7. The van der Waals surface area contributed by atoms with E-state index in [1.165, 1.54) is 6.07 Å². The Bertz CT molecular complexity index is 533. The minimum Gasteiger partial charge on any atom is -0.261 e. The molecule has 1 aromatic heterocycles. The summed E-state index contributed by atoms with van der Waals surface area (Å²) in [6, 6.07) is 7.92. The molecule has 0 aliphatic rings. The Morgan fingerprint density at radius 3 is 2.28 bits per heavy atom. The molecule has 0 aliphatic carbocycles. The van der Waals surface area contributed by atoms with Crippen molar-refractivity contribution in [3.8, 4) is 0 Å². The zero-order valence-electron chi connectivity index (χ0n) is 10.5. The van der Waals surface area contributed by atoms with Crippen molar-refractivity contribution < 1.29 is 8.78 Å². The molecule has 2 rings (SSSR count). The van der Waals surface area contributed by atoms with E-state index < -0.39 is 11.6 Å². The predicted molar refractivity (Wildman–Crippen MR) is 67.5 cm³/mol. The van der Waals surface area contributed by atoms with Gasteiger partial charge in [0.1, 0.15) is 0 Å². The van der Waals surface area contributed by atoms with Gasteiger partial charge < -0.3 is 0 Å². The van der Waals surface area contributed by atoms with Gasteiger partial charge in [0.2, 0.25) is 0 Å². The van der Waals surface area contributed by atoms with Gasteiger partial charge in [0.25, 0.3) is 0 Å². The van der Waals surface area contributed by atoms with E-state index in [0.717, 1.165) is 22.9 Å². The Balaban J connectivity index is 2.15. The molecule has 0 N–H and O–H groups in total. The summed E-state index contributed by atoms with van der Waals surface area (Å²) < 4.78 is 25.9. The highest BCUT2D eigenvalue weighted by Crippen LogP contribution is 2.15. The lowest BCUT2D eigenvalue weighted by Crippen LogP contribution is -1.96. The quantitative estimate of drug-likeness (QED) is 0.796. The summed E-state index contributed by atoms with van der Waals surface area (Å²) >= 11 is 0. The first-order valence-corrected chi connectivity index (χ1v) is 5.95. The maximum Gasteiger partial charge on any atom is 0.159 e. The predicted octanol–water partition coefficient (Wildman–Crippen LogP) is 4.07. The highest BCUT2D eigenvalue weighted by atomic mass is 19.2. The lowest BCUT2D eigenvalue weighted by molar-refractivity contribution is 0.507. The second-order valence-electron chi connectivity index (χ2n) is 4.67. The first-order valence-electron chi connectivity index (χ1n) is 5.95. The number of pyridine rings is 1. The number of rotatable bonds is 3. The second kappa shape index (κ2) is 5.25. The molecule has 3 heteroatoms. The Hall–Kier alpha value is -1.77. The fourth-order valence-corrected chi connectivity index (χ4v) is 1.77. The summed E-state index contributed by atoms with van der Waals surface area (Å²) in [5.74, 6) is -1.23. The molecule has 1 heterocycles. The number of halogens is 2. The SMILES string of the molecule is CC(C)c1ccc(Cc2ccc(F)c(F)c2)cn1. The third kappa shape index (κ3) is 2.92. The van der Waals surface area contributed by atoms with Crippen LogP contribution in [0.1, 0.15) is 36.6 Å². The smallest absolute Gasteiger partial charge is 0.159 e. The van der Waals surface area contributed by atoms with E-state index in [4.69, 9.17) is 0 Å². The van der Waals surface area contributed by atoms with Gasteiger partial charge in [0, 0.05) is 11.9 Å². The van der Waals surface area contributed by atoms with Crippen LogP contribution in [-0.4, -0.2) is 4.98 Å². The molecule has 0 saturated carbocycles. The minimum absolute atomic E-state index is 0.391. The van der Waals surface area contributed by atoms with E-state index in [1.807, 2.05) is 12.1 Å². The number of nitrogens with zero attached hydrogens (tertiary/aromatic N) is 1. The molecule has 2 aromatic rings. The summed E-state index contributed by atoms with van der Waals surface area (Å²) in [6.45, 7) is 4.16. The van der Waals surface area contributed by atoms with Crippen molar-refractivity contribution in [1.29, 1.82) is 0 Å². The standard InChI is InChI=1S/C15H15F2N/c1-10(2)15-6-4-12(9-18-15)7-11-3-5-13(16)14(17)8-11/h3-6,8-10H,7H2,1-2H3. The lowest BCUT2D eigenvalue weighted by atomic mass is 10.0. The van der Waals surface area contributed by atoms with Gasteiger partial charge in [-0.05, 0) is 41.7 Å². The molecule has 1 nitrogen and oxygen atoms in total. The maximum atomic E-state index is 13.1.